The maximum absolute atomic E-state index is 12.7. The minimum absolute atomic E-state index is 0.273. The summed E-state index contributed by atoms with van der Waals surface area (Å²) in [4.78, 5) is 12.7. The summed E-state index contributed by atoms with van der Waals surface area (Å²) >= 11 is 5.31. The number of carbonyl (C=O) groups is 1. The van der Waals surface area contributed by atoms with Gasteiger partial charge in [0.25, 0.3) is 0 Å². The molecular weight excluding hydrogens is 360 g/mol. The molecule has 0 saturated heterocycles. The lowest BCUT2D eigenvalue weighted by atomic mass is 9.93. The number of nitrogens with one attached hydrogen (secondary N) is 2. The van der Waals surface area contributed by atoms with Crippen molar-refractivity contribution in [1.29, 1.82) is 0 Å². The molecule has 0 amide bonds. The minimum atomic E-state index is -0.357. The van der Waals surface area contributed by atoms with E-state index in [1.54, 1.807) is 7.11 Å². The third-order valence-electron chi connectivity index (χ3n) is 4.44. The predicted molar refractivity (Wildman–Crippen MR) is 111 cm³/mol. The number of hydrogen-bond donors (Lipinski definition) is 2. The van der Waals surface area contributed by atoms with Crippen LogP contribution >= 0.6 is 12.2 Å². The van der Waals surface area contributed by atoms with Crippen molar-refractivity contribution in [2.24, 2.45) is 5.92 Å². The number of carbonyl (C=O) groups excluding carboxylic acids is 1. The number of fused-ring (bicyclic) bond motifs is 1. The number of ether oxygens (including phenoxy) is 2. The number of rotatable bonds is 5. The van der Waals surface area contributed by atoms with Crippen LogP contribution in [0.3, 0.4) is 0 Å². The Kier molecular flexibility index (Phi) is 5.65. The standard InChI is InChI=1S/C21H24N2O3S/c1-12(2)11-26-20(24)18-13(3)22-21(27)23-19(18)16-6-5-15-10-17(25-4)8-7-14(15)9-16/h5-10,12,19H,11H2,1-4H3,(H2,22,23,27)/t19-/m1/s1. The normalized spacial score (nSPS) is 16.9. The Bertz CT molecular complexity index is 921. The lowest BCUT2D eigenvalue weighted by Gasteiger charge is -2.30. The van der Waals surface area contributed by atoms with Crippen LogP contribution < -0.4 is 15.4 Å². The summed E-state index contributed by atoms with van der Waals surface area (Å²) in [5, 5.41) is 8.86. The van der Waals surface area contributed by atoms with Gasteiger partial charge in [-0.05, 0) is 59.6 Å². The zero-order chi connectivity index (χ0) is 19.6. The van der Waals surface area contributed by atoms with Gasteiger partial charge in [0.15, 0.2) is 5.11 Å². The molecule has 6 heteroatoms. The molecule has 1 heterocycles. The number of thiocarbonyl (C=S) groups is 1. The Morgan fingerprint density at radius 3 is 2.59 bits per heavy atom. The molecule has 1 aliphatic heterocycles. The van der Waals surface area contributed by atoms with Crippen molar-refractivity contribution in [2.45, 2.75) is 26.8 Å². The van der Waals surface area contributed by atoms with Gasteiger partial charge >= 0.3 is 5.97 Å². The van der Waals surface area contributed by atoms with Gasteiger partial charge in [-0.15, -0.1) is 0 Å². The molecule has 0 fully saturated rings. The Hall–Kier alpha value is -2.60. The number of methoxy groups -OCH3 is 1. The van der Waals surface area contributed by atoms with Crippen LogP contribution in [0.4, 0.5) is 0 Å². The Balaban J connectivity index is 1.98. The molecule has 27 heavy (non-hydrogen) atoms. The Morgan fingerprint density at radius 2 is 1.89 bits per heavy atom. The smallest absolute Gasteiger partial charge is 0.338 e. The van der Waals surface area contributed by atoms with Gasteiger partial charge in [-0.2, -0.15) is 0 Å². The second-order valence-corrected chi connectivity index (χ2v) is 7.44. The largest absolute Gasteiger partial charge is 0.497 e. The molecule has 0 aromatic heterocycles. The van der Waals surface area contributed by atoms with E-state index in [1.807, 2.05) is 51.1 Å². The molecule has 142 valence electrons. The molecule has 2 aromatic rings. The third-order valence-corrected chi connectivity index (χ3v) is 4.66. The number of hydrogen-bond acceptors (Lipinski definition) is 4. The highest BCUT2D eigenvalue weighted by atomic mass is 32.1. The van der Waals surface area contributed by atoms with Gasteiger partial charge in [0.2, 0.25) is 0 Å². The van der Waals surface area contributed by atoms with Crippen LogP contribution in [-0.2, 0) is 9.53 Å². The van der Waals surface area contributed by atoms with Crippen molar-refractivity contribution in [3.8, 4) is 5.75 Å². The summed E-state index contributed by atoms with van der Waals surface area (Å²) in [6, 6.07) is 11.6. The van der Waals surface area contributed by atoms with E-state index in [9.17, 15) is 4.79 Å². The molecule has 0 aliphatic carbocycles. The molecule has 1 atom stereocenters. The fraction of sp³-hybridized carbons (Fsp3) is 0.333. The molecule has 0 bridgehead atoms. The molecule has 0 radical (unpaired) electrons. The molecule has 0 unspecified atom stereocenters. The van der Waals surface area contributed by atoms with Crippen LogP contribution in [0.25, 0.3) is 10.8 Å². The topological polar surface area (TPSA) is 59.6 Å². The highest BCUT2D eigenvalue weighted by molar-refractivity contribution is 7.80. The van der Waals surface area contributed by atoms with E-state index in [-0.39, 0.29) is 17.9 Å². The lowest BCUT2D eigenvalue weighted by molar-refractivity contribution is -0.140. The lowest BCUT2D eigenvalue weighted by Crippen LogP contribution is -2.45. The Labute approximate surface area is 164 Å². The van der Waals surface area contributed by atoms with Crippen molar-refractivity contribution >= 4 is 34.1 Å². The fourth-order valence-corrected chi connectivity index (χ4v) is 3.35. The van der Waals surface area contributed by atoms with Crippen molar-refractivity contribution in [3.63, 3.8) is 0 Å². The number of benzene rings is 2. The van der Waals surface area contributed by atoms with Gasteiger partial charge in [-0.3, -0.25) is 0 Å². The second-order valence-electron chi connectivity index (χ2n) is 7.03. The SMILES string of the molecule is COc1ccc2cc([C@H]3NC(=S)NC(C)=C3C(=O)OCC(C)C)ccc2c1. The predicted octanol–water partition coefficient (Wildman–Crippen LogP) is 3.84. The monoisotopic (exact) mass is 384 g/mol. The van der Waals surface area contributed by atoms with E-state index < -0.39 is 0 Å². The molecule has 2 N–H and O–H groups in total. The number of esters is 1. The summed E-state index contributed by atoms with van der Waals surface area (Å²) in [5.74, 6) is 0.753. The first kappa shape index (κ1) is 19.2. The minimum Gasteiger partial charge on any atom is -0.497 e. The summed E-state index contributed by atoms with van der Waals surface area (Å²) < 4.78 is 10.8. The van der Waals surface area contributed by atoms with Crippen LogP contribution in [-0.4, -0.2) is 24.8 Å². The first-order chi connectivity index (χ1) is 12.9. The highest BCUT2D eigenvalue weighted by Crippen LogP contribution is 2.31. The molecule has 0 spiro atoms. The highest BCUT2D eigenvalue weighted by Gasteiger charge is 2.31. The van der Waals surface area contributed by atoms with Crippen LogP contribution in [0.5, 0.6) is 5.75 Å². The van der Waals surface area contributed by atoms with E-state index in [0.29, 0.717) is 23.0 Å². The molecule has 1 aliphatic rings. The maximum Gasteiger partial charge on any atom is 0.338 e. The van der Waals surface area contributed by atoms with E-state index in [0.717, 1.165) is 22.1 Å². The summed E-state index contributed by atoms with van der Waals surface area (Å²) in [6.07, 6.45) is 0. The van der Waals surface area contributed by atoms with Crippen LogP contribution in [0.15, 0.2) is 47.7 Å². The van der Waals surface area contributed by atoms with E-state index in [2.05, 4.69) is 16.7 Å². The maximum atomic E-state index is 12.7. The molecule has 2 aromatic carbocycles. The third kappa shape index (κ3) is 4.22. The van der Waals surface area contributed by atoms with Gasteiger partial charge in [-0.1, -0.05) is 32.0 Å². The zero-order valence-electron chi connectivity index (χ0n) is 16.0. The molecule has 5 nitrogen and oxygen atoms in total. The van der Waals surface area contributed by atoms with Crippen molar-refractivity contribution in [3.05, 3.63) is 53.2 Å². The summed E-state index contributed by atoms with van der Waals surface area (Å²) in [7, 11) is 1.65. The van der Waals surface area contributed by atoms with Crippen LogP contribution in [0.2, 0.25) is 0 Å². The second kappa shape index (κ2) is 7.96. The van der Waals surface area contributed by atoms with Gasteiger partial charge in [0.05, 0.1) is 25.3 Å². The van der Waals surface area contributed by atoms with E-state index in [4.69, 9.17) is 21.7 Å². The summed E-state index contributed by atoms with van der Waals surface area (Å²) in [6.45, 7) is 6.24. The number of allylic oxidation sites excluding steroid dienone is 1. The van der Waals surface area contributed by atoms with Crippen LogP contribution in [0, 0.1) is 5.92 Å². The average Bonchev–Trinajstić information content (AvgIpc) is 2.64. The summed E-state index contributed by atoms with van der Waals surface area (Å²) in [5.41, 5.74) is 2.22. The van der Waals surface area contributed by atoms with Gasteiger partial charge in [0, 0.05) is 5.70 Å². The molecular formula is C21H24N2O3S. The van der Waals surface area contributed by atoms with Gasteiger partial charge in [-0.25, -0.2) is 4.79 Å². The van der Waals surface area contributed by atoms with Gasteiger partial charge in [0.1, 0.15) is 5.75 Å². The Morgan fingerprint density at radius 1 is 1.19 bits per heavy atom. The van der Waals surface area contributed by atoms with E-state index >= 15 is 0 Å². The molecule has 3 rings (SSSR count). The first-order valence-electron chi connectivity index (χ1n) is 8.92. The zero-order valence-corrected chi connectivity index (χ0v) is 16.8. The van der Waals surface area contributed by atoms with Crippen molar-refractivity contribution in [1.82, 2.24) is 10.6 Å². The van der Waals surface area contributed by atoms with Gasteiger partial charge < -0.3 is 20.1 Å². The fourth-order valence-electron chi connectivity index (χ4n) is 3.08. The quantitative estimate of drug-likeness (QED) is 0.603. The first-order valence-corrected chi connectivity index (χ1v) is 9.33. The average molecular weight is 385 g/mol. The van der Waals surface area contributed by atoms with E-state index in [1.165, 1.54) is 0 Å². The van der Waals surface area contributed by atoms with Crippen LogP contribution in [0.1, 0.15) is 32.4 Å². The van der Waals surface area contributed by atoms with Crippen molar-refractivity contribution < 1.29 is 14.3 Å². The van der Waals surface area contributed by atoms with Crippen molar-refractivity contribution in [2.75, 3.05) is 13.7 Å². The molecule has 0 saturated carbocycles.